The fraction of sp³-hybridized carbons (Fsp3) is 0.333. The number of ether oxygens (including phenoxy) is 4. The van der Waals surface area contributed by atoms with Gasteiger partial charge in [-0.1, -0.05) is 18.2 Å². The minimum absolute atomic E-state index is 0.00573. The summed E-state index contributed by atoms with van der Waals surface area (Å²) in [5.41, 5.74) is 1.51. The van der Waals surface area contributed by atoms with Gasteiger partial charge in [0.15, 0.2) is 11.5 Å². The van der Waals surface area contributed by atoms with E-state index in [1.165, 1.54) is 19.1 Å². The third kappa shape index (κ3) is 4.70. The molecule has 2 amide bonds. The van der Waals surface area contributed by atoms with Crippen molar-refractivity contribution in [1.82, 2.24) is 4.90 Å². The number of nitrogens with one attached hydrogen (secondary N) is 1. The van der Waals surface area contributed by atoms with E-state index < -0.39 is 11.8 Å². The van der Waals surface area contributed by atoms with E-state index in [1.54, 1.807) is 49.6 Å². The zero-order chi connectivity index (χ0) is 23.3. The topological polar surface area (TPSA) is 86.3 Å². The Kier molecular flexibility index (Phi) is 7.37. The summed E-state index contributed by atoms with van der Waals surface area (Å²) < 4.78 is 21.6. The molecule has 0 saturated carbocycles. The predicted molar refractivity (Wildman–Crippen MR) is 121 cm³/mol. The number of para-hydroxylation sites is 1. The van der Waals surface area contributed by atoms with Gasteiger partial charge >= 0.3 is 0 Å². The molecule has 32 heavy (non-hydrogen) atoms. The molecule has 0 radical (unpaired) electrons. The highest BCUT2D eigenvalue weighted by molar-refractivity contribution is 6.37. The van der Waals surface area contributed by atoms with Gasteiger partial charge in [0.05, 0.1) is 46.2 Å². The second-order valence-corrected chi connectivity index (χ2v) is 7.33. The molecule has 0 bridgehead atoms. The first-order chi connectivity index (χ1) is 15.4. The fourth-order valence-electron chi connectivity index (χ4n) is 3.43. The Bertz CT molecular complexity index is 1030. The summed E-state index contributed by atoms with van der Waals surface area (Å²) in [6.45, 7) is 4.19. The van der Waals surface area contributed by atoms with Crippen molar-refractivity contribution in [1.29, 1.82) is 0 Å². The summed E-state index contributed by atoms with van der Waals surface area (Å²) >= 11 is 0. The van der Waals surface area contributed by atoms with Crippen LogP contribution in [0.1, 0.15) is 19.4 Å². The van der Waals surface area contributed by atoms with Crippen LogP contribution in [0.15, 0.2) is 48.2 Å². The van der Waals surface area contributed by atoms with Gasteiger partial charge in [0.1, 0.15) is 11.4 Å². The average Bonchev–Trinajstić information content (AvgIpc) is 3.02. The van der Waals surface area contributed by atoms with Crippen molar-refractivity contribution >= 4 is 23.1 Å². The van der Waals surface area contributed by atoms with Crippen LogP contribution in [0.3, 0.4) is 0 Å². The molecule has 1 N–H and O–H groups in total. The van der Waals surface area contributed by atoms with Gasteiger partial charge in [-0.25, -0.2) is 0 Å². The highest BCUT2D eigenvalue weighted by atomic mass is 16.5. The first kappa shape index (κ1) is 23.1. The van der Waals surface area contributed by atoms with Gasteiger partial charge in [0, 0.05) is 17.3 Å². The maximum Gasteiger partial charge on any atom is 0.278 e. The summed E-state index contributed by atoms with van der Waals surface area (Å²) in [6.07, 6.45) is -0.00573. The van der Waals surface area contributed by atoms with E-state index in [9.17, 15) is 9.59 Å². The number of rotatable bonds is 10. The van der Waals surface area contributed by atoms with Crippen LogP contribution in [0, 0.1) is 0 Å². The lowest BCUT2D eigenvalue weighted by Gasteiger charge is -2.17. The molecule has 0 spiro atoms. The van der Waals surface area contributed by atoms with Gasteiger partial charge in [-0.3, -0.25) is 14.5 Å². The van der Waals surface area contributed by atoms with Crippen LogP contribution in [0.25, 0.3) is 5.57 Å². The summed E-state index contributed by atoms with van der Waals surface area (Å²) in [4.78, 5) is 27.8. The number of carbonyl (C=O) groups excluding carboxylic acids is 2. The van der Waals surface area contributed by atoms with Gasteiger partial charge in [0.25, 0.3) is 11.8 Å². The Labute approximate surface area is 187 Å². The van der Waals surface area contributed by atoms with Crippen molar-refractivity contribution < 1.29 is 28.5 Å². The van der Waals surface area contributed by atoms with Gasteiger partial charge in [-0.15, -0.1) is 0 Å². The molecule has 0 fully saturated rings. The van der Waals surface area contributed by atoms with E-state index in [4.69, 9.17) is 18.9 Å². The number of hydrogen-bond donors (Lipinski definition) is 1. The number of nitrogens with zero attached hydrogens (tertiary/aromatic N) is 1. The first-order valence-electron chi connectivity index (χ1n) is 10.3. The minimum Gasteiger partial charge on any atom is -0.496 e. The summed E-state index contributed by atoms with van der Waals surface area (Å²) in [7, 11) is 4.60. The van der Waals surface area contributed by atoms with Crippen LogP contribution in [-0.2, 0) is 14.3 Å². The zero-order valence-electron chi connectivity index (χ0n) is 18.9. The van der Waals surface area contributed by atoms with Crippen LogP contribution in [0.2, 0.25) is 0 Å². The predicted octanol–water partition coefficient (Wildman–Crippen LogP) is 3.33. The van der Waals surface area contributed by atoms with Crippen molar-refractivity contribution in [3.63, 3.8) is 0 Å². The van der Waals surface area contributed by atoms with Crippen LogP contribution in [-0.4, -0.2) is 57.3 Å². The monoisotopic (exact) mass is 440 g/mol. The molecule has 0 saturated heterocycles. The van der Waals surface area contributed by atoms with E-state index in [0.717, 1.165) is 0 Å². The van der Waals surface area contributed by atoms with E-state index in [1.807, 2.05) is 13.8 Å². The molecule has 170 valence electrons. The number of methoxy groups -OCH3 is 3. The van der Waals surface area contributed by atoms with E-state index >= 15 is 0 Å². The van der Waals surface area contributed by atoms with Gasteiger partial charge < -0.3 is 24.3 Å². The summed E-state index contributed by atoms with van der Waals surface area (Å²) in [5.74, 6) is 0.706. The summed E-state index contributed by atoms with van der Waals surface area (Å²) in [6, 6.07) is 12.3. The van der Waals surface area contributed by atoms with Crippen molar-refractivity contribution in [3.8, 4) is 17.2 Å². The largest absolute Gasteiger partial charge is 0.496 e. The van der Waals surface area contributed by atoms with Gasteiger partial charge in [-0.05, 0) is 32.0 Å². The maximum atomic E-state index is 13.3. The Morgan fingerprint density at radius 1 is 0.875 bits per heavy atom. The standard InChI is InChI=1S/C24H28N2O6/c1-15(2)32-13-12-26-23(27)21(17-8-6-7-9-18(17)29-3)22(24(26)28)25-16-10-11-19(30-4)20(14-16)31-5/h6-11,14-15,25H,12-13H2,1-5H3. The third-order valence-corrected chi connectivity index (χ3v) is 4.96. The second kappa shape index (κ2) is 10.2. The van der Waals surface area contributed by atoms with E-state index in [0.29, 0.717) is 28.5 Å². The van der Waals surface area contributed by atoms with Crippen molar-refractivity contribution in [2.24, 2.45) is 0 Å². The van der Waals surface area contributed by atoms with Crippen LogP contribution >= 0.6 is 0 Å². The zero-order valence-corrected chi connectivity index (χ0v) is 18.9. The molecule has 8 nitrogen and oxygen atoms in total. The number of imide groups is 1. The maximum absolute atomic E-state index is 13.3. The molecule has 1 aliphatic heterocycles. The Balaban J connectivity index is 2.03. The first-order valence-corrected chi connectivity index (χ1v) is 10.3. The van der Waals surface area contributed by atoms with E-state index in [-0.39, 0.29) is 30.5 Å². The molecule has 0 aliphatic carbocycles. The molecule has 0 aromatic heterocycles. The number of carbonyl (C=O) groups is 2. The smallest absolute Gasteiger partial charge is 0.278 e. The lowest BCUT2D eigenvalue weighted by Crippen LogP contribution is -2.35. The van der Waals surface area contributed by atoms with Crippen molar-refractivity contribution in [2.45, 2.75) is 20.0 Å². The average molecular weight is 440 g/mol. The van der Waals surface area contributed by atoms with Gasteiger partial charge in [0.2, 0.25) is 0 Å². The third-order valence-electron chi connectivity index (χ3n) is 4.96. The molecule has 3 rings (SSSR count). The van der Waals surface area contributed by atoms with Gasteiger partial charge in [-0.2, -0.15) is 0 Å². The number of anilines is 1. The molecule has 2 aromatic carbocycles. The van der Waals surface area contributed by atoms with Crippen molar-refractivity contribution in [3.05, 3.63) is 53.7 Å². The molecule has 2 aromatic rings. The molecule has 1 heterocycles. The quantitative estimate of drug-likeness (QED) is 0.567. The number of amides is 2. The Hall–Kier alpha value is -3.52. The highest BCUT2D eigenvalue weighted by Gasteiger charge is 2.40. The SMILES string of the molecule is COc1ccc(NC2=C(c3ccccc3OC)C(=O)N(CCOC(C)C)C2=O)cc1OC. The lowest BCUT2D eigenvalue weighted by atomic mass is 10.0. The minimum atomic E-state index is -0.432. The summed E-state index contributed by atoms with van der Waals surface area (Å²) in [5, 5.41) is 3.11. The van der Waals surface area contributed by atoms with Crippen LogP contribution < -0.4 is 19.5 Å². The fourth-order valence-corrected chi connectivity index (χ4v) is 3.43. The molecule has 8 heteroatoms. The molecular weight excluding hydrogens is 412 g/mol. The van der Waals surface area contributed by atoms with Crippen LogP contribution in [0.4, 0.5) is 5.69 Å². The highest BCUT2D eigenvalue weighted by Crippen LogP contribution is 2.36. The number of hydrogen-bond acceptors (Lipinski definition) is 7. The van der Waals surface area contributed by atoms with Crippen molar-refractivity contribution in [2.75, 3.05) is 39.8 Å². The van der Waals surface area contributed by atoms with E-state index in [2.05, 4.69) is 5.32 Å². The van der Waals surface area contributed by atoms with Crippen LogP contribution in [0.5, 0.6) is 17.2 Å². The molecule has 0 unspecified atom stereocenters. The lowest BCUT2D eigenvalue weighted by molar-refractivity contribution is -0.137. The molecule has 1 aliphatic rings. The second-order valence-electron chi connectivity index (χ2n) is 7.33. The Morgan fingerprint density at radius 3 is 2.22 bits per heavy atom. The molecule has 0 atom stereocenters. The molecular formula is C24H28N2O6. The Morgan fingerprint density at radius 2 is 1.56 bits per heavy atom. The number of benzene rings is 2. The normalized spacial score (nSPS) is 13.8.